The number of hydrogen-bond donors (Lipinski definition) is 2. The number of carbonyl (C=O) groups is 1. The molecule has 0 radical (unpaired) electrons. The zero-order valence-corrected chi connectivity index (χ0v) is 12.9. The van der Waals surface area contributed by atoms with Crippen LogP contribution in [0.4, 0.5) is 5.69 Å². The quantitative estimate of drug-likeness (QED) is 0.832. The fraction of sp³-hybridized carbons (Fsp3) is 0.562. The van der Waals surface area contributed by atoms with Crippen LogP contribution in [-0.2, 0) is 4.79 Å². The highest BCUT2D eigenvalue weighted by atomic mass is 16.7. The van der Waals surface area contributed by atoms with Gasteiger partial charge in [0.2, 0.25) is 12.7 Å². The van der Waals surface area contributed by atoms with Gasteiger partial charge in [0.1, 0.15) is 0 Å². The van der Waals surface area contributed by atoms with Gasteiger partial charge in [-0.1, -0.05) is 6.92 Å². The largest absolute Gasteiger partial charge is 0.454 e. The number of hydrogen-bond acceptors (Lipinski definition) is 5. The van der Waals surface area contributed by atoms with Crippen molar-refractivity contribution in [3.63, 3.8) is 0 Å². The summed E-state index contributed by atoms with van der Waals surface area (Å²) in [4.78, 5) is 14.6. The normalized spacial score (nSPS) is 19.6. The Morgan fingerprint density at radius 3 is 3.05 bits per heavy atom. The molecule has 0 aromatic heterocycles. The average molecular weight is 305 g/mol. The molecule has 6 heteroatoms. The first-order valence-electron chi connectivity index (χ1n) is 7.90. The Kier molecular flexibility index (Phi) is 4.80. The van der Waals surface area contributed by atoms with Crippen molar-refractivity contribution >= 4 is 11.6 Å². The molecule has 1 unspecified atom stereocenters. The number of anilines is 1. The molecule has 120 valence electrons. The van der Waals surface area contributed by atoms with Gasteiger partial charge in [0.25, 0.3) is 0 Å². The first-order chi connectivity index (χ1) is 10.8. The highest BCUT2D eigenvalue weighted by molar-refractivity contribution is 5.92. The zero-order chi connectivity index (χ0) is 15.4. The van der Waals surface area contributed by atoms with Crippen LogP contribution in [0.15, 0.2) is 18.2 Å². The molecule has 0 bridgehead atoms. The third-order valence-corrected chi connectivity index (χ3v) is 4.06. The summed E-state index contributed by atoms with van der Waals surface area (Å²) >= 11 is 0. The summed E-state index contributed by atoms with van der Waals surface area (Å²) in [6, 6.07) is 5.93. The zero-order valence-electron chi connectivity index (χ0n) is 12.9. The topological polar surface area (TPSA) is 62.8 Å². The van der Waals surface area contributed by atoms with Crippen LogP contribution in [0.3, 0.4) is 0 Å². The predicted molar refractivity (Wildman–Crippen MR) is 84.3 cm³/mol. The Balaban J connectivity index is 1.58. The van der Waals surface area contributed by atoms with Crippen LogP contribution in [0.25, 0.3) is 0 Å². The van der Waals surface area contributed by atoms with Gasteiger partial charge in [-0.2, -0.15) is 0 Å². The van der Waals surface area contributed by atoms with E-state index in [1.165, 1.54) is 0 Å². The maximum Gasteiger partial charge on any atom is 0.238 e. The Hall–Kier alpha value is -1.79. The van der Waals surface area contributed by atoms with Gasteiger partial charge in [0.05, 0.1) is 6.54 Å². The highest BCUT2D eigenvalue weighted by Crippen LogP contribution is 2.34. The molecule has 1 aromatic carbocycles. The fourth-order valence-electron chi connectivity index (χ4n) is 2.99. The van der Waals surface area contributed by atoms with Gasteiger partial charge in [-0.15, -0.1) is 0 Å². The number of nitrogens with zero attached hydrogens (tertiary/aromatic N) is 1. The minimum Gasteiger partial charge on any atom is -0.454 e. The molecule has 22 heavy (non-hydrogen) atoms. The van der Waals surface area contributed by atoms with Crippen molar-refractivity contribution in [3.05, 3.63) is 18.2 Å². The Labute approximate surface area is 130 Å². The van der Waals surface area contributed by atoms with Crippen molar-refractivity contribution < 1.29 is 14.3 Å². The summed E-state index contributed by atoms with van der Waals surface area (Å²) in [5.41, 5.74) is 0.746. The second-order valence-corrected chi connectivity index (χ2v) is 5.73. The highest BCUT2D eigenvalue weighted by Gasteiger charge is 2.23. The van der Waals surface area contributed by atoms with Gasteiger partial charge >= 0.3 is 0 Å². The van der Waals surface area contributed by atoms with Crippen LogP contribution in [0.1, 0.15) is 19.8 Å². The van der Waals surface area contributed by atoms with E-state index in [0.717, 1.165) is 43.9 Å². The van der Waals surface area contributed by atoms with Gasteiger partial charge < -0.3 is 20.1 Å². The standard InChI is InChI=1S/C16H23N3O3/c1-2-7-19(13-5-6-17-9-13)10-16(20)18-12-3-4-14-15(8-12)22-11-21-14/h3-4,8,13,17H,2,5-7,9-11H2,1H3,(H,18,20). The first-order valence-corrected chi connectivity index (χ1v) is 7.90. The molecule has 2 heterocycles. The van der Waals surface area contributed by atoms with E-state index in [9.17, 15) is 4.79 Å². The van der Waals surface area contributed by atoms with Gasteiger partial charge in [0, 0.05) is 24.3 Å². The lowest BCUT2D eigenvalue weighted by Crippen LogP contribution is -2.42. The molecule has 0 spiro atoms. The molecule has 2 N–H and O–H groups in total. The van der Waals surface area contributed by atoms with Crippen molar-refractivity contribution in [3.8, 4) is 11.5 Å². The van der Waals surface area contributed by atoms with Crippen LogP contribution >= 0.6 is 0 Å². The molecule has 3 rings (SSSR count). The third-order valence-electron chi connectivity index (χ3n) is 4.06. The number of amides is 1. The van der Waals surface area contributed by atoms with Gasteiger partial charge in [-0.05, 0) is 38.1 Å². The van der Waals surface area contributed by atoms with Crippen molar-refractivity contribution in [2.75, 3.05) is 38.3 Å². The van der Waals surface area contributed by atoms with Gasteiger partial charge in [0.15, 0.2) is 11.5 Å². The van der Waals surface area contributed by atoms with E-state index in [4.69, 9.17) is 9.47 Å². The number of nitrogens with one attached hydrogen (secondary N) is 2. The number of fused-ring (bicyclic) bond motifs is 1. The number of ether oxygens (including phenoxy) is 2. The van der Waals surface area contributed by atoms with E-state index < -0.39 is 0 Å². The lowest BCUT2D eigenvalue weighted by atomic mass is 10.2. The molecule has 0 aliphatic carbocycles. The van der Waals surface area contributed by atoms with Crippen LogP contribution in [0.2, 0.25) is 0 Å². The van der Waals surface area contributed by atoms with Crippen LogP contribution in [-0.4, -0.2) is 49.8 Å². The second kappa shape index (κ2) is 6.98. The Morgan fingerprint density at radius 2 is 2.27 bits per heavy atom. The molecule has 1 atom stereocenters. The molecule has 1 fully saturated rings. The number of benzene rings is 1. The lowest BCUT2D eigenvalue weighted by molar-refractivity contribution is -0.117. The van der Waals surface area contributed by atoms with E-state index in [2.05, 4.69) is 22.5 Å². The predicted octanol–water partition coefficient (Wildman–Crippen LogP) is 1.43. The fourth-order valence-corrected chi connectivity index (χ4v) is 2.99. The first kappa shape index (κ1) is 15.1. The van der Waals surface area contributed by atoms with E-state index >= 15 is 0 Å². The van der Waals surface area contributed by atoms with E-state index in [1.807, 2.05) is 18.2 Å². The number of carbonyl (C=O) groups excluding carboxylic acids is 1. The average Bonchev–Trinajstić information content (AvgIpc) is 3.17. The molecule has 6 nitrogen and oxygen atoms in total. The van der Waals surface area contributed by atoms with Gasteiger partial charge in [-0.3, -0.25) is 9.69 Å². The van der Waals surface area contributed by atoms with Crippen molar-refractivity contribution in [1.29, 1.82) is 0 Å². The summed E-state index contributed by atoms with van der Waals surface area (Å²) in [5, 5.41) is 6.31. The van der Waals surface area contributed by atoms with E-state index in [1.54, 1.807) is 0 Å². The molecule has 2 aliphatic rings. The maximum atomic E-state index is 12.3. The summed E-state index contributed by atoms with van der Waals surface area (Å²) in [5.74, 6) is 1.42. The number of rotatable bonds is 6. The summed E-state index contributed by atoms with van der Waals surface area (Å²) in [6.45, 7) is 5.76. The van der Waals surface area contributed by atoms with Crippen LogP contribution in [0, 0.1) is 0 Å². The van der Waals surface area contributed by atoms with Gasteiger partial charge in [-0.25, -0.2) is 0 Å². The maximum absolute atomic E-state index is 12.3. The van der Waals surface area contributed by atoms with Crippen molar-refractivity contribution in [2.45, 2.75) is 25.8 Å². The van der Waals surface area contributed by atoms with E-state index in [-0.39, 0.29) is 12.7 Å². The SMILES string of the molecule is CCCN(CC(=O)Nc1ccc2c(c1)OCO2)C1CCNC1. The monoisotopic (exact) mass is 305 g/mol. The lowest BCUT2D eigenvalue weighted by Gasteiger charge is -2.27. The van der Waals surface area contributed by atoms with Crippen molar-refractivity contribution in [2.24, 2.45) is 0 Å². The van der Waals surface area contributed by atoms with Crippen molar-refractivity contribution in [1.82, 2.24) is 10.2 Å². The summed E-state index contributed by atoms with van der Waals surface area (Å²) < 4.78 is 10.6. The molecule has 0 saturated carbocycles. The minimum atomic E-state index is 0.0132. The summed E-state index contributed by atoms with van der Waals surface area (Å²) in [6.07, 6.45) is 2.16. The van der Waals surface area contributed by atoms with E-state index in [0.29, 0.717) is 18.3 Å². The van der Waals surface area contributed by atoms with Crippen LogP contribution < -0.4 is 20.1 Å². The smallest absolute Gasteiger partial charge is 0.238 e. The molecule has 2 aliphatic heterocycles. The van der Waals surface area contributed by atoms with Crippen LogP contribution in [0.5, 0.6) is 11.5 Å². The second-order valence-electron chi connectivity index (χ2n) is 5.73. The third kappa shape index (κ3) is 3.51. The molecular weight excluding hydrogens is 282 g/mol. The molecule has 1 aromatic rings. The Bertz CT molecular complexity index is 529. The summed E-state index contributed by atoms with van der Waals surface area (Å²) in [7, 11) is 0. The molecule has 1 amide bonds. The molecule has 1 saturated heterocycles. The molecular formula is C16H23N3O3. The minimum absolute atomic E-state index is 0.0132. The Morgan fingerprint density at radius 1 is 1.41 bits per heavy atom.